The highest BCUT2D eigenvalue weighted by Gasteiger charge is 2.42. The van der Waals surface area contributed by atoms with E-state index in [-0.39, 0.29) is 30.1 Å². The van der Waals surface area contributed by atoms with Crippen molar-refractivity contribution in [1.82, 2.24) is 10.2 Å². The quantitative estimate of drug-likeness (QED) is 0.390. The second kappa shape index (κ2) is 8.88. The molecule has 3 atom stereocenters. The Morgan fingerprint density at radius 1 is 1.30 bits per heavy atom. The Morgan fingerprint density at radius 3 is 2.78 bits per heavy atom. The maximum absolute atomic E-state index is 5.99. The van der Waals surface area contributed by atoms with E-state index in [4.69, 9.17) is 14.5 Å². The zero-order valence-electron chi connectivity index (χ0n) is 16.7. The summed E-state index contributed by atoms with van der Waals surface area (Å²) >= 11 is 0. The van der Waals surface area contributed by atoms with Crippen molar-refractivity contribution in [3.8, 4) is 11.5 Å². The molecule has 27 heavy (non-hydrogen) atoms. The number of fused-ring (bicyclic) bond motifs is 1. The van der Waals surface area contributed by atoms with Crippen molar-refractivity contribution in [2.75, 3.05) is 26.2 Å². The Labute approximate surface area is 179 Å². The molecule has 2 aliphatic heterocycles. The predicted molar refractivity (Wildman–Crippen MR) is 120 cm³/mol. The zero-order chi connectivity index (χ0) is 18.1. The molecule has 1 aliphatic carbocycles. The monoisotopic (exact) mass is 485 g/mol. The van der Waals surface area contributed by atoms with Crippen molar-refractivity contribution < 1.29 is 9.47 Å². The lowest BCUT2D eigenvalue weighted by Gasteiger charge is -2.21. The number of halogens is 1. The highest BCUT2D eigenvalue weighted by Crippen LogP contribution is 2.48. The standard InChI is InChI=1S/C21H31N3O2.HI/c1-4-22-21(24-8-6-7-9-24)23-18-12-16(18)17-13-19-15(10-14(3)26-19)11-20(17)25-5-2;/h11,13-14,16,18H,4-10,12H2,1-3H3,(H,22,23);1H. The topological polar surface area (TPSA) is 46.1 Å². The molecule has 1 saturated carbocycles. The Kier molecular flexibility index (Phi) is 6.76. The Hall–Kier alpha value is -1.18. The van der Waals surface area contributed by atoms with Gasteiger partial charge < -0.3 is 19.7 Å². The molecule has 4 rings (SSSR count). The third-order valence-electron chi connectivity index (χ3n) is 5.55. The van der Waals surface area contributed by atoms with Crippen LogP contribution >= 0.6 is 24.0 Å². The van der Waals surface area contributed by atoms with Crippen LogP contribution in [0.2, 0.25) is 0 Å². The summed E-state index contributed by atoms with van der Waals surface area (Å²) in [6.07, 6.45) is 4.91. The molecule has 0 spiro atoms. The zero-order valence-corrected chi connectivity index (χ0v) is 19.0. The lowest BCUT2D eigenvalue weighted by molar-refractivity contribution is 0.254. The number of nitrogens with one attached hydrogen (secondary N) is 1. The first-order valence-corrected chi connectivity index (χ1v) is 10.2. The Balaban J connectivity index is 0.00000210. The number of hydrogen-bond acceptors (Lipinski definition) is 3. The van der Waals surface area contributed by atoms with Crippen LogP contribution in [0.4, 0.5) is 0 Å². The average molecular weight is 485 g/mol. The van der Waals surface area contributed by atoms with Gasteiger partial charge in [0.25, 0.3) is 0 Å². The summed E-state index contributed by atoms with van der Waals surface area (Å²) in [5, 5.41) is 3.71. The predicted octanol–water partition coefficient (Wildman–Crippen LogP) is 3.94. The molecule has 1 aromatic rings. The van der Waals surface area contributed by atoms with Gasteiger partial charge in [0.1, 0.15) is 17.6 Å². The van der Waals surface area contributed by atoms with E-state index in [1.165, 1.54) is 24.0 Å². The Morgan fingerprint density at radius 2 is 2.07 bits per heavy atom. The number of guanidine groups is 1. The first-order valence-electron chi connectivity index (χ1n) is 10.2. The summed E-state index contributed by atoms with van der Waals surface area (Å²) in [4.78, 5) is 7.12. The van der Waals surface area contributed by atoms with Gasteiger partial charge in [-0.05, 0) is 52.2 Å². The molecule has 0 radical (unpaired) electrons. The van der Waals surface area contributed by atoms with Gasteiger partial charge in [0, 0.05) is 49.1 Å². The molecule has 0 bridgehead atoms. The van der Waals surface area contributed by atoms with E-state index in [0.717, 1.165) is 49.9 Å². The van der Waals surface area contributed by atoms with Crippen LogP contribution in [0.3, 0.4) is 0 Å². The van der Waals surface area contributed by atoms with Gasteiger partial charge in [0.15, 0.2) is 5.96 Å². The van der Waals surface area contributed by atoms with Crippen LogP contribution in [0, 0.1) is 0 Å². The molecule has 1 N–H and O–H groups in total. The number of aliphatic imine (C=N–C) groups is 1. The number of hydrogen-bond donors (Lipinski definition) is 1. The maximum atomic E-state index is 5.99. The van der Waals surface area contributed by atoms with E-state index >= 15 is 0 Å². The fourth-order valence-electron chi connectivity index (χ4n) is 4.21. The number of rotatable bonds is 5. The van der Waals surface area contributed by atoms with E-state index < -0.39 is 0 Å². The van der Waals surface area contributed by atoms with Gasteiger partial charge in [-0.3, -0.25) is 4.99 Å². The molecular weight excluding hydrogens is 453 g/mol. The van der Waals surface area contributed by atoms with Crippen molar-refractivity contribution in [3.05, 3.63) is 23.3 Å². The summed E-state index contributed by atoms with van der Waals surface area (Å²) in [6.45, 7) is 10.1. The van der Waals surface area contributed by atoms with Crippen molar-refractivity contribution >= 4 is 29.9 Å². The summed E-state index contributed by atoms with van der Waals surface area (Å²) in [5.41, 5.74) is 2.56. The molecule has 1 aromatic carbocycles. The third-order valence-corrected chi connectivity index (χ3v) is 5.55. The van der Waals surface area contributed by atoms with E-state index in [1.54, 1.807) is 0 Å². The minimum Gasteiger partial charge on any atom is -0.494 e. The molecule has 3 unspecified atom stereocenters. The highest BCUT2D eigenvalue weighted by molar-refractivity contribution is 14.0. The van der Waals surface area contributed by atoms with Crippen molar-refractivity contribution in [2.24, 2.45) is 4.99 Å². The molecule has 0 amide bonds. The van der Waals surface area contributed by atoms with Crippen LogP contribution in [-0.2, 0) is 6.42 Å². The molecular formula is C21H32IN3O2. The summed E-state index contributed by atoms with van der Waals surface area (Å²) < 4.78 is 12.0. The van der Waals surface area contributed by atoms with Crippen LogP contribution in [0.15, 0.2) is 17.1 Å². The van der Waals surface area contributed by atoms with Crippen LogP contribution < -0.4 is 14.8 Å². The second-order valence-electron chi connectivity index (χ2n) is 7.65. The average Bonchev–Trinajstić information content (AvgIpc) is 3.02. The van der Waals surface area contributed by atoms with Gasteiger partial charge >= 0.3 is 0 Å². The molecule has 0 aromatic heterocycles. The van der Waals surface area contributed by atoms with Crippen LogP contribution in [0.5, 0.6) is 11.5 Å². The fourth-order valence-corrected chi connectivity index (χ4v) is 4.21. The lowest BCUT2D eigenvalue weighted by Crippen LogP contribution is -2.41. The lowest BCUT2D eigenvalue weighted by atomic mass is 10.0. The molecule has 3 aliphatic rings. The van der Waals surface area contributed by atoms with E-state index in [9.17, 15) is 0 Å². The summed E-state index contributed by atoms with van der Waals surface area (Å²) in [5.74, 6) is 3.64. The fraction of sp³-hybridized carbons (Fsp3) is 0.667. The van der Waals surface area contributed by atoms with E-state index in [1.807, 2.05) is 0 Å². The number of nitrogens with zero attached hydrogens (tertiary/aromatic N) is 2. The normalized spacial score (nSPS) is 26.3. The molecule has 2 fully saturated rings. The SMILES string of the molecule is CCN=C(NC1CC1c1cc2c(cc1OCC)CC(C)O2)N1CCCC1.I. The van der Waals surface area contributed by atoms with Crippen molar-refractivity contribution in [3.63, 3.8) is 0 Å². The first kappa shape index (κ1) is 20.6. The van der Waals surface area contributed by atoms with Gasteiger partial charge in [-0.1, -0.05) is 0 Å². The van der Waals surface area contributed by atoms with E-state index in [0.29, 0.717) is 18.6 Å². The molecule has 5 nitrogen and oxygen atoms in total. The van der Waals surface area contributed by atoms with Gasteiger partial charge in [0.05, 0.1) is 6.61 Å². The van der Waals surface area contributed by atoms with Gasteiger partial charge in [-0.2, -0.15) is 0 Å². The molecule has 2 heterocycles. The number of benzene rings is 1. The molecule has 6 heteroatoms. The Bertz CT molecular complexity index is 688. The highest BCUT2D eigenvalue weighted by atomic mass is 127. The first-order chi connectivity index (χ1) is 12.7. The largest absolute Gasteiger partial charge is 0.494 e. The second-order valence-corrected chi connectivity index (χ2v) is 7.65. The van der Waals surface area contributed by atoms with Gasteiger partial charge in [0.2, 0.25) is 0 Å². The summed E-state index contributed by atoms with van der Waals surface area (Å²) in [7, 11) is 0. The molecule has 1 saturated heterocycles. The van der Waals surface area contributed by atoms with Gasteiger partial charge in [-0.15, -0.1) is 24.0 Å². The van der Waals surface area contributed by atoms with E-state index in [2.05, 4.69) is 43.1 Å². The maximum Gasteiger partial charge on any atom is 0.194 e. The van der Waals surface area contributed by atoms with Crippen LogP contribution in [-0.4, -0.2) is 49.2 Å². The smallest absolute Gasteiger partial charge is 0.194 e. The minimum atomic E-state index is 0. The minimum absolute atomic E-state index is 0. The number of likely N-dealkylation sites (tertiary alicyclic amines) is 1. The van der Waals surface area contributed by atoms with Crippen LogP contribution in [0.1, 0.15) is 57.1 Å². The van der Waals surface area contributed by atoms with Crippen molar-refractivity contribution in [1.29, 1.82) is 0 Å². The molecule has 150 valence electrons. The third kappa shape index (κ3) is 4.46. The summed E-state index contributed by atoms with van der Waals surface area (Å²) in [6, 6.07) is 4.87. The number of ether oxygens (including phenoxy) is 2. The van der Waals surface area contributed by atoms with Crippen molar-refractivity contribution in [2.45, 2.75) is 64.5 Å². The van der Waals surface area contributed by atoms with Crippen LogP contribution in [0.25, 0.3) is 0 Å². The van der Waals surface area contributed by atoms with Gasteiger partial charge in [-0.25, -0.2) is 0 Å².